The van der Waals surface area contributed by atoms with Gasteiger partial charge in [-0.3, -0.25) is 19.3 Å². The number of likely N-dealkylation sites (N-methyl/N-ethyl adjacent to an activating group) is 1. The summed E-state index contributed by atoms with van der Waals surface area (Å²) in [5.74, 6) is -0.623. The maximum absolute atomic E-state index is 12.6. The van der Waals surface area contributed by atoms with Crippen molar-refractivity contribution in [2.24, 2.45) is 23.7 Å². The fraction of sp³-hybridized carbons (Fsp3) is 0.667. The zero-order valence-electron chi connectivity index (χ0n) is 12.1. The van der Waals surface area contributed by atoms with Crippen molar-refractivity contribution in [2.75, 3.05) is 14.1 Å². The summed E-state index contributed by atoms with van der Waals surface area (Å²) < 4.78 is 0. The van der Waals surface area contributed by atoms with Gasteiger partial charge in [-0.25, -0.2) is 0 Å². The van der Waals surface area contributed by atoms with E-state index in [1.54, 1.807) is 21.0 Å². The Morgan fingerprint density at radius 3 is 1.95 bits per heavy atom. The van der Waals surface area contributed by atoms with Crippen LogP contribution in [0.2, 0.25) is 0 Å². The highest BCUT2D eigenvalue weighted by Crippen LogP contribution is 2.49. The molecule has 5 atom stereocenters. The second kappa shape index (κ2) is 4.43. The molecule has 20 heavy (non-hydrogen) atoms. The van der Waals surface area contributed by atoms with E-state index in [0.717, 1.165) is 12.8 Å². The number of likely N-dealkylation sites (tertiary alicyclic amines) is 1. The van der Waals surface area contributed by atoms with Gasteiger partial charge in [0.25, 0.3) is 0 Å². The summed E-state index contributed by atoms with van der Waals surface area (Å²) >= 11 is 0. The fourth-order valence-corrected chi connectivity index (χ4v) is 3.96. The monoisotopic (exact) mass is 276 g/mol. The van der Waals surface area contributed by atoms with Crippen LogP contribution in [0.25, 0.3) is 0 Å². The third-order valence-electron chi connectivity index (χ3n) is 4.98. The Balaban J connectivity index is 1.91. The van der Waals surface area contributed by atoms with Crippen LogP contribution in [0.4, 0.5) is 0 Å². The normalized spacial score (nSPS) is 36.2. The Labute approximate surface area is 118 Å². The van der Waals surface area contributed by atoms with Gasteiger partial charge in [0.15, 0.2) is 0 Å². The number of imide groups is 1. The molecule has 0 radical (unpaired) electrons. The molecule has 2 fully saturated rings. The van der Waals surface area contributed by atoms with E-state index in [1.807, 2.05) is 0 Å². The lowest BCUT2D eigenvalue weighted by Crippen LogP contribution is -2.48. The Kier molecular flexibility index (Phi) is 2.96. The van der Waals surface area contributed by atoms with E-state index in [0.29, 0.717) is 0 Å². The third-order valence-corrected chi connectivity index (χ3v) is 4.98. The maximum atomic E-state index is 12.6. The number of rotatable bonds is 2. The van der Waals surface area contributed by atoms with Crippen molar-refractivity contribution >= 4 is 17.7 Å². The van der Waals surface area contributed by atoms with Gasteiger partial charge in [-0.2, -0.15) is 0 Å². The molecule has 5 heteroatoms. The molecule has 0 unspecified atom stereocenters. The number of hydrogen-bond donors (Lipinski definition) is 0. The van der Waals surface area contributed by atoms with Crippen molar-refractivity contribution in [1.29, 1.82) is 0 Å². The molecular formula is C15H20N2O3. The molecule has 1 heterocycles. The second-order valence-electron chi connectivity index (χ2n) is 6.30. The van der Waals surface area contributed by atoms with Crippen molar-refractivity contribution in [3.8, 4) is 0 Å². The number of carbonyl (C=O) groups is 3. The predicted octanol–water partition coefficient (Wildman–Crippen LogP) is 0.660. The standard InChI is InChI=1S/C15H20N2O3/c1-8(13(18)16(2)3)17-14(19)11-9-4-5-10(7-6-9)12(11)15(17)20/h4-5,8-12H,6-7H2,1-3H3/t8-,9+,10+,11+,12+/m1/s1. The van der Waals surface area contributed by atoms with E-state index in [4.69, 9.17) is 0 Å². The Hall–Kier alpha value is -1.65. The summed E-state index contributed by atoms with van der Waals surface area (Å²) in [5, 5.41) is 0. The highest BCUT2D eigenvalue weighted by Gasteiger charge is 2.58. The second-order valence-corrected chi connectivity index (χ2v) is 6.30. The number of fused-ring (bicyclic) bond motifs is 1. The topological polar surface area (TPSA) is 57.7 Å². The smallest absolute Gasteiger partial charge is 0.245 e. The minimum Gasteiger partial charge on any atom is -0.347 e. The lowest BCUT2D eigenvalue weighted by atomic mass is 9.63. The Morgan fingerprint density at radius 2 is 1.60 bits per heavy atom. The molecule has 108 valence electrons. The molecule has 0 N–H and O–H groups in total. The molecule has 1 saturated heterocycles. The first-order valence-electron chi connectivity index (χ1n) is 7.20. The summed E-state index contributed by atoms with van der Waals surface area (Å²) in [7, 11) is 3.28. The number of hydrogen-bond acceptors (Lipinski definition) is 3. The van der Waals surface area contributed by atoms with Crippen molar-refractivity contribution in [3.63, 3.8) is 0 Å². The molecular weight excluding hydrogens is 256 g/mol. The first kappa shape index (κ1) is 13.3. The highest BCUT2D eigenvalue weighted by atomic mass is 16.2. The summed E-state index contributed by atoms with van der Waals surface area (Å²) in [5.41, 5.74) is 0. The van der Waals surface area contributed by atoms with Crippen LogP contribution in [0.3, 0.4) is 0 Å². The predicted molar refractivity (Wildman–Crippen MR) is 72.3 cm³/mol. The van der Waals surface area contributed by atoms with Crippen LogP contribution in [0.1, 0.15) is 19.8 Å². The van der Waals surface area contributed by atoms with Gasteiger partial charge >= 0.3 is 0 Å². The SMILES string of the molecule is C[C@H](C(=O)N(C)C)N1C(=O)[C@@H]2[C@@H](C1=O)[C@H]1C=C[C@H]2CC1. The van der Waals surface area contributed by atoms with E-state index >= 15 is 0 Å². The van der Waals surface area contributed by atoms with Crippen LogP contribution in [0.5, 0.6) is 0 Å². The quantitative estimate of drug-likeness (QED) is 0.550. The van der Waals surface area contributed by atoms with E-state index in [9.17, 15) is 14.4 Å². The molecule has 0 aromatic carbocycles. The van der Waals surface area contributed by atoms with Crippen LogP contribution in [0.15, 0.2) is 12.2 Å². The molecule has 0 spiro atoms. The first-order chi connectivity index (χ1) is 9.43. The molecule has 1 saturated carbocycles. The molecule has 0 aromatic heterocycles. The minimum absolute atomic E-state index is 0.151. The van der Waals surface area contributed by atoms with Gasteiger partial charge in [0.1, 0.15) is 6.04 Å². The Morgan fingerprint density at radius 1 is 1.15 bits per heavy atom. The average Bonchev–Trinajstić information content (AvgIpc) is 2.73. The molecule has 0 aromatic rings. The van der Waals surface area contributed by atoms with Crippen molar-refractivity contribution < 1.29 is 14.4 Å². The molecule has 3 amide bonds. The van der Waals surface area contributed by atoms with E-state index < -0.39 is 6.04 Å². The van der Waals surface area contributed by atoms with Crippen molar-refractivity contribution in [1.82, 2.24) is 9.80 Å². The third kappa shape index (κ3) is 1.65. The fourth-order valence-electron chi connectivity index (χ4n) is 3.96. The van der Waals surface area contributed by atoms with Gasteiger partial charge in [0, 0.05) is 14.1 Å². The summed E-state index contributed by atoms with van der Waals surface area (Å²) in [6.45, 7) is 1.64. The maximum Gasteiger partial charge on any atom is 0.245 e. The van der Waals surface area contributed by atoms with Crippen LogP contribution in [-0.4, -0.2) is 47.7 Å². The molecule has 1 aliphatic heterocycles. The van der Waals surface area contributed by atoms with E-state index in [2.05, 4.69) is 12.2 Å². The molecule has 2 bridgehead atoms. The lowest BCUT2D eigenvalue weighted by molar-refractivity contribution is -0.150. The number of nitrogens with zero attached hydrogens (tertiary/aromatic N) is 2. The van der Waals surface area contributed by atoms with Crippen molar-refractivity contribution in [2.45, 2.75) is 25.8 Å². The lowest BCUT2D eigenvalue weighted by Gasteiger charge is -2.38. The zero-order chi connectivity index (χ0) is 14.6. The molecule has 4 rings (SSSR count). The average molecular weight is 276 g/mol. The summed E-state index contributed by atoms with van der Waals surface area (Å²) in [6, 6.07) is -0.699. The highest BCUT2D eigenvalue weighted by molar-refractivity contribution is 6.08. The zero-order valence-corrected chi connectivity index (χ0v) is 12.1. The van der Waals surface area contributed by atoms with Gasteiger partial charge in [0.2, 0.25) is 17.7 Å². The number of amides is 3. The first-order valence-corrected chi connectivity index (χ1v) is 7.20. The van der Waals surface area contributed by atoms with Crippen LogP contribution < -0.4 is 0 Å². The number of allylic oxidation sites excluding steroid dienone is 2. The van der Waals surface area contributed by atoms with Gasteiger partial charge in [-0.05, 0) is 31.6 Å². The van der Waals surface area contributed by atoms with Gasteiger partial charge in [-0.15, -0.1) is 0 Å². The molecule has 4 aliphatic rings. The minimum atomic E-state index is -0.699. The van der Waals surface area contributed by atoms with Gasteiger partial charge in [-0.1, -0.05) is 12.2 Å². The van der Waals surface area contributed by atoms with Crippen LogP contribution in [0, 0.1) is 23.7 Å². The van der Waals surface area contributed by atoms with Crippen LogP contribution >= 0.6 is 0 Å². The number of carbonyl (C=O) groups excluding carboxylic acids is 3. The molecule has 5 nitrogen and oxygen atoms in total. The van der Waals surface area contributed by atoms with Crippen molar-refractivity contribution in [3.05, 3.63) is 12.2 Å². The van der Waals surface area contributed by atoms with Gasteiger partial charge in [0.05, 0.1) is 11.8 Å². The largest absolute Gasteiger partial charge is 0.347 e. The summed E-state index contributed by atoms with van der Waals surface area (Å²) in [4.78, 5) is 39.9. The van der Waals surface area contributed by atoms with Crippen LogP contribution in [-0.2, 0) is 14.4 Å². The van der Waals surface area contributed by atoms with E-state index in [1.165, 1.54) is 9.80 Å². The summed E-state index contributed by atoms with van der Waals surface area (Å²) in [6.07, 6.45) is 6.13. The van der Waals surface area contributed by atoms with Gasteiger partial charge < -0.3 is 4.90 Å². The van der Waals surface area contributed by atoms with E-state index in [-0.39, 0.29) is 41.4 Å². The Bertz CT molecular complexity index is 479. The molecule has 3 aliphatic carbocycles.